The number of carbonyl (C=O) groups excluding carboxylic acids is 1. The fourth-order valence-electron chi connectivity index (χ4n) is 3.20. The van der Waals surface area contributed by atoms with Gasteiger partial charge in [-0.25, -0.2) is 14.8 Å². The number of nitrogens with zero attached hydrogens (tertiary/aromatic N) is 2. The highest BCUT2D eigenvalue weighted by molar-refractivity contribution is 6.31. The fraction of sp³-hybridized carbons (Fsp3) is 0.348. The molecule has 1 aliphatic heterocycles. The van der Waals surface area contributed by atoms with Gasteiger partial charge in [0, 0.05) is 29.2 Å². The molecule has 0 aliphatic carbocycles. The van der Waals surface area contributed by atoms with Gasteiger partial charge in [0.05, 0.1) is 17.6 Å². The zero-order valence-corrected chi connectivity index (χ0v) is 20.0. The molecule has 2 aromatic rings. The molecule has 33 heavy (non-hydrogen) atoms. The average Bonchev–Trinajstić information content (AvgIpc) is 2.72. The summed E-state index contributed by atoms with van der Waals surface area (Å²) in [6, 6.07) is 9.08. The number of halogens is 1. The molecule has 0 bridgehead atoms. The zero-order chi connectivity index (χ0) is 24.0. The predicted molar refractivity (Wildman–Crippen MR) is 135 cm³/mol. The second-order valence-electron chi connectivity index (χ2n) is 8.73. The summed E-state index contributed by atoms with van der Waals surface area (Å²) in [5.41, 5.74) is 8.98. The van der Waals surface area contributed by atoms with Crippen LogP contribution in [0, 0.1) is 6.92 Å². The van der Waals surface area contributed by atoms with Crippen molar-refractivity contribution in [1.29, 1.82) is 0 Å². The number of hydrogen-bond donors (Lipinski definition) is 6. The van der Waals surface area contributed by atoms with E-state index in [4.69, 9.17) is 17.3 Å². The molecule has 10 heteroatoms. The van der Waals surface area contributed by atoms with Crippen LogP contribution < -0.4 is 32.3 Å². The lowest BCUT2D eigenvalue weighted by atomic mass is 10.0. The molecule has 0 fully saturated rings. The molecule has 1 unspecified atom stereocenters. The number of nitrogens with one attached hydrogen (secondary N) is 5. The molecule has 1 aromatic carbocycles. The highest BCUT2D eigenvalue weighted by Gasteiger charge is 2.16. The number of pyridine rings is 1. The molecular weight excluding hydrogens is 440 g/mol. The van der Waals surface area contributed by atoms with E-state index in [2.05, 4.69) is 36.6 Å². The maximum absolute atomic E-state index is 11.9. The lowest BCUT2D eigenvalue weighted by Crippen LogP contribution is -2.50. The monoisotopic (exact) mass is 470 g/mol. The molecule has 0 saturated heterocycles. The Labute approximate surface area is 199 Å². The lowest BCUT2D eigenvalue weighted by Gasteiger charge is -2.23. The number of urea groups is 1. The van der Waals surface area contributed by atoms with Crippen LogP contribution in [0.4, 0.5) is 16.3 Å². The number of anilines is 2. The van der Waals surface area contributed by atoms with Crippen molar-refractivity contribution in [3.63, 3.8) is 0 Å². The standard InChI is InChI=1S/C23H31ClN8O/c1-14-16(6-5-7-17(14)24)18-12-20(31-21(25)30-18)27-11-10-26-19-9-8-15(13-28-19)29-22(33)32-23(2,3)4/h5-9,12-13,20,27H,10-11H2,1-4H3,(H,26,28)(H3,25,30,31)(H2,29,32,33). The third-order valence-corrected chi connectivity index (χ3v) is 5.13. The Hall–Kier alpha value is -3.30. The van der Waals surface area contributed by atoms with Crippen LogP contribution in [-0.4, -0.2) is 41.8 Å². The van der Waals surface area contributed by atoms with Gasteiger partial charge >= 0.3 is 6.03 Å². The minimum atomic E-state index is -0.307. The minimum absolute atomic E-state index is 0.168. The maximum Gasteiger partial charge on any atom is 0.319 e. The number of amides is 2. The van der Waals surface area contributed by atoms with Crippen LogP contribution in [-0.2, 0) is 0 Å². The Morgan fingerprint density at radius 1 is 1.21 bits per heavy atom. The number of hydrogen-bond acceptors (Lipinski definition) is 7. The summed E-state index contributed by atoms with van der Waals surface area (Å²) in [5, 5.41) is 16.0. The van der Waals surface area contributed by atoms with Crippen LogP contribution in [0.25, 0.3) is 5.70 Å². The highest BCUT2D eigenvalue weighted by atomic mass is 35.5. The van der Waals surface area contributed by atoms with Gasteiger partial charge in [0.1, 0.15) is 12.0 Å². The second-order valence-corrected chi connectivity index (χ2v) is 9.13. The SMILES string of the molecule is Cc1c(Cl)cccc1C1=CC(NCCNc2ccc(NC(=O)NC(C)(C)C)cn2)NC(N)=N1. The lowest BCUT2D eigenvalue weighted by molar-refractivity contribution is 0.244. The third kappa shape index (κ3) is 7.37. The van der Waals surface area contributed by atoms with Crippen molar-refractivity contribution >= 4 is 40.8 Å². The first kappa shape index (κ1) is 24.3. The smallest absolute Gasteiger partial charge is 0.319 e. The molecule has 176 valence electrons. The fourth-order valence-corrected chi connectivity index (χ4v) is 3.37. The van der Waals surface area contributed by atoms with E-state index in [1.165, 1.54) is 0 Å². The molecular formula is C23H31ClN8O. The number of aromatic nitrogens is 1. The van der Waals surface area contributed by atoms with Crippen LogP contribution in [0.1, 0.15) is 31.9 Å². The van der Waals surface area contributed by atoms with Crippen LogP contribution in [0.2, 0.25) is 5.02 Å². The summed E-state index contributed by atoms with van der Waals surface area (Å²) in [5.74, 6) is 1.06. The molecule has 2 amide bonds. The molecule has 0 saturated carbocycles. The number of benzene rings is 1. The second kappa shape index (κ2) is 10.5. The van der Waals surface area contributed by atoms with E-state index in [-0.39, 0.29) is 17.7 Å². The first-order valence-electron chi connectivity index (χ1n) is 10.7. The molecule has 7 N–H and O–H groups in total. The molecule has 0 spiro atoms. The van der Waals surface area contributed by atoms with Gasteiger partial charge in [-0.3, -0.25) is 5.32 Å². The Morgan fingerprint density at radius 3 is 2.70 bits per heavy atom. The first-order chi connectivity index (χ1) is 15.6. The van der Waals surface area contributed by atoms with Gasteiger partial charge in [0.25, 0.3) is 0 Å². The largest absolute Gasteiger partial charge is 0.370 e. The van der Waals surface area contributed by atoms with Gasteiger partial charge in [-0.15, -0.1) is 0 Å². The molecule has 0 radical (unpaired) electrons. The summed E-state index contributed by atoms with van der Waals surface area (Å²) < 4.78 is 0. The Kier molecular flexibility index (Phi) is 7.78. The topological polar surface area (TPSA) is 128 Å². The highest BCUT2D eigenvalue weighted by Crippen LogP contribution is 2.27. The molecule has 1 atom stereocenters. The van der Waals surface area contributed by atoms with E-state index in [1.807, 2.05) is 58.0 Å². The van der Waals surface area contributed by atoms with Gasteiger partial charge in [-0.2, -0.15) is 0 Å². The Morgan fingerprint density at radius 2 is 2.00 bits per heavy atom. The van der Waals surface area contributed by atoms with Gasteiger partial charge in [0.2, 0.25) is 0 Å². The van der Waals surface area contributed by atoms with Crippen LogP contribution >= 0.6 is 11.6 Å². The molecule has 3 rings (SSSR count). The van der Waals surface area contributed by atoms with Crippen molar-refractivity contribution in [2.75, 3.05) is 23.7 Å². The van der Waals surface area contributed by atoms with Crippen molar-refractivity contribution in [2.45, 2.75) is 39.4 Å². The van der Waals surface area contributed by atoms with Crippen molar-refractivity contribution < 1.29 is 4.79 Å². The van der Waals surface area contributed by atoms with Crippen LogP contribution in [0.5, 0.6) is 0 Å². The average molecular weight is 471 g/mol. The summed E-state index contributed by atoms with van der Waals surface area (Å²) in [4.78, 5) is 20.7. The number of nitrogens with two attached hydrogens (primary N) is 1. The number of guanidine groups is 1. The van der Waals surface area contributed by atoms with E-state index in [9.17, 15) is 4.79 Å². The molecule has 1 aromatic heterocycles. The predicted octanol–water partition coefficient (Wildman–Crippen LogP) is 3.25. The Balaban J connectivity index is 1.48. The van der Waals surface area contributed by atoms with Gasteiger partial charge in [-0.1, -0.05) is 23.7 Å². The molecule has 9 nitrogen and oxygen atoms in total. The van der Waals surface area contributed by atoms with E-state index in [1.54, 1.807) is 12.3 Å². The van der Waals surface area contributed by atoms with Crippen molar-refractivity contribution in [2.24, 2.45) is 10.7 Å². The van der Waals surface area contributed by atoms with E-state index < -0.39 is 0 Å². The summed E-state index contributed by atoms with van der Waals surface area (Å²) in [6.07, 6.45) is 3.43. The van der Waals surface area contributed by atoms with Crippen LogP contribution in [0.3, 0.4) is 0 Å². The van der Waals surface area contributed by atoms with Crippen molar-refractivity contribution in [3.8, 4) is 0 Å². The summed E-state index contributed by atoms with van der Waals surface area (Å²) >= 11 is 6.25. The number of carbonyl (C=O) groups is 1. The molecule has 2 heterocycles. The first-order valence-corrected chi connectivity index (χ1v) is 11.1. The normalized spacial score (nSPS) is 15.7. The number of rotatable bonds is 7. The maximum atomic E-state index is 11.9. The van der Waals surface area contributed by atoms with Crippen LogP contribution in [0.15, 0.2) is 47.6 Å². The minimum Gasteiger partial charge on any atom is -0.370 e. The van der Waals surface area contributed by atoms with E-state index >= 15 is 0 Å². The Bertz CT molecular complexity index is 1040. The van der Waals surface area contributed by atoms with Gasteiger partial charge < -0.3 is 27.0 Å². The van der Waals surface area contributed by atoms with E-state index in [0.717, 1.165) is 16.8 Å². The van der Waals surface area contributed by atoms with Gasteiger partial charge in [-0.05, 0) is 57.5 Å². The van der Waals surface area contributed by atoms with E-state index in [0.29, 0.717) is 35.6 Å². The summed E-state index contributed by atoms with van der Waals surface area (Å²) in [6.45, 7) is 9.02. The zero-order valence-electron chi connectivity index (χ0n) is 19.3. The van der Waals surface area contributed by atoms with Crippen molar-refractivity contribution in [1.82, 2.24) is 20.9 Å². The quantitative estimate of drug-likeness (QED) is 0.345. The number of aliphatic imine (C=N–C) groups is 1. The molecule has 1 aliphatic rings. The summed E-state index contributed by atoms with van der Waals surface area (Å²) in [7, 11) is 0. The van der Waals surface area contributed by atoms with Gasteiger partial charge in [0.15, 0.2) is 5.96 Å². The third-order valence-electron chi connectivity index (χ3n) is 4.72. The van der Waals surface area contributed by atoms with Crippen molar-refractivity contribution in [3.05, 3.63) is 58.8 Å².